The van der Waals surface area contributed by atoms with E-state index in [-0.39, 0.29) is 4.90 Å². The van der Waals surface area contributed by atoms with Crippen molar-refractivity contribution in [2.45, 2.75) is 17.9 Å². The summed E-state index contributed by atoms with van der Waals surface area (Å²) in [5, 5.41) is 10.3. The summed E-state index contributed by atoms with van der Waals surface area (Å²) in [5.74, 6) is -1.24. The number of carboxylic acid groups (broad SMARTS) is 1. The van der Waals surface area contributed by atoms with Crippen LogP contribution in [0.3, 0.4) is 0 Å². The van der Waals surface area contributed by atoms with Crippen LogP contribution in [0.1, 0.15) is 6.92 Å². The highest BCUT2D eigenvalue weighted by atomic mass is 32.2. The summed E-state index contributed by atoms with van der Waals surface area (Å²) >= 11 is 0. The number of carboxylic acids is 1. The van der Waals surface area contributed by atoms with E-state index in [1.165, 1.54) is 19.1 Å². The van der Waals surface area contributed by atoms with Crippen LogP contribution >= 0.6 is 0 Å². The van der Waals surface area contributed by atoms with Gasteiger partial charge in [0, 0.05) is 10.8 Å². The lowest BCUT2D eigenvalue weighted by atomic mass is 10.1. The van der Waals surface area contributed by atoms with Crippen LogP contribution in [-0.2, 0) is 14.8 Å². The Labute approximate surface area is 126 Å². The fraction of sp³-hybridized carbons (Fsp3) is 0.133. The first-order chi connectivity index (χ1) is 10.4. The number of sulfonamides is 1. The predicted octanol–water partition coefficient (Wildman–Crippen LogP) is 2.34. The minimum Gasteiger partial charge on any atom is -0.480 e. The summed E-state index contributed by atoms with van der Waals surface area (Å²) in [6.07, 6.45) is 0. The second kappa shape index (κ2) is 5.11. The first-order valence-electron chi connectivity index (χ1n) is 6.55. The molecule has 1 atom stereocenters. The van der Waals surface area contributed by atoms with Gasteiger partial charge in [0.2, 0.25) is 10.0 Å². The lowest BCUT2D eigenvalue weighted by molar-refractivity contribution is -0.138. The molecule has 0 aliphatic carbocycles. The molecule has 0 spiro atoms. The van der Waals surface area contributed by atoms with E-state index in [0.29, 0.717) is 16.6 Å². The van der Waals surface area contributed by atoms with E-state index >= 15 is 0 Å². The molecule has 1 aromatic heterocycles. The van der Waals surface area contributed by atoms with Crippen molar-refractivity contribution < 1.29 is 22.7 Å². The third kappa shape index (κ3) is 2.44. The van der Waals surface area contributed by atoms with Gasteiger partial charge in [-0.3, -0.25) is 4.79 Å². The molecule has 114 valence electrons. The Morgan fingerprint density at radius 1 is 1.14 bits per heavy atom. The van der Waals surface area contributed by atoms with Gasteiger partial charge >= 0.3 is 5.97 Å². The molecule has 0 saturated carbocycles. The smallest absolute Gasteiger partial charge is 0.321 e. The zero-order chi connectivity index (χ0) is 15.9. The number of benzene rings is 2. The monoisotopic (exact) mass is 319 g/mol. The molecule has 0 bridgehead atoms. The Kier molecular flexibility index (Phi) is 3.38. The lowest BCUT2D eigenvalue weighted by Crippen LogP contribution is -2.38. The zero-order valence-corrected chi connectivity index (χ0v) is 12.4. The molecule has 0 aliphatic heterocycles. The van der Waals surface area contributed by atoms with Gasteiger partial charge in [-0.2, -0.15) is 4.72 Å². The number of para-hydroxylation sites is 1. The van der Waals surface area contributed by atoms with Gasteiger partial charge in [-0.05, 0) is 31.2 Å². The maximum atomic E-state index is 12.2. The van der Waals surface area contributed by atoms with Gasteiger partial charge in [-0.25, -0.2) is 8.42 Å². The fourth-order valence-corrected chi connectivity index (χ4v) is 3.45. The number of carbonyl (C=O) groups is 1. The molecule has 0 fully saturated rings. The molecule has 2 aromatic carbocycles. The highest BCUT2D eigenvalue weighted by Crippen LogP contribution is 2.30. The molecule has 2 N–H and O–H groups in total. The Hall–Kier alpha value is -2.38. The summed E-state index contributed by atoms with van der Waals surface area (Å²) < 4.78 is 32.2. The van der Waals surface area contributed by atoms with Crippen LogP contribution in [0.4, 0.5) is 0 Å². The number of furan rings is 1. The highest BCUT2D eigenvalue weighted by molar-refractivity contribution is 7.89. The normalized spacial score (nSPS) is 13.5. The number of hydrogen-bond donors (Lipinski definition) is 2. The van der Waals surface area contributed by atoms with Crippen LogP contribution in [-0.4, -0.2) is 25.5 Å². The Balaban J connectivity index is 2.11. The number of nitrogens with one attached hydrogen (secondary N) is 1. The molecule has 22 heavy (non-hydrogen) atoms. The summed E-state index contributed by atoms with van der Waals surface area (Å²) in [5.41, 5.74) is 1.24. The van der Waals surface area contributed by atoms with E-state index < -0.39 is 22.0 Å². The molecule has 0 radical (unpaired) electrons. The van der Waals surface area contributed by atoms with Crippen molar-refractivity contribution in [3.05, 3.63) is 42.5 Å². The van der Waals surface area contributed by atoms with Crippen molar-refractivity contribution in [3.8, 4) is 0 Å². The molecular formula is C15H13NO5S. The number of rotatable bonds is 4. The van der Waals surface area contributed by atoms with Crippen molar-refractivity contribution in [1.82, 2.24) is 4.72 Å². The van der Waals surface area contributed by atoms with Gasteiger partial charge in [0.1, 0.15) is 17.2 Å². The second-order valence-corrected chi connectivity index (χ2v) is 6.65. The standard InChI is InChI=1S/C15H13NO5S/c1-9(15(17)18)16-22(19,20)10-6-7-14-12(8-10)11-4-2-3-5-13(11)21-14/h2-9,16H,1H3,(H,17,18). The van der Waals surface area contributed by atoms with Crippen molar-refractivity contribution in [1.29, 1.82) is 0 Å². The third-order valence-electron chi connectivity index (χ3n) is 3.36. The molecule has 0 aliphatic rings. The minimum absolute atomic E-state index is 0.000321. The van der Waals surface area contributed by atoms with Crippen LogP contribution in [0.2, 0.25) is 0 Å². The van der Waals surface area contributed by atoms with Crippen molar-refractivity contribution in [2.75, 3.05) is 0 Å². The largest absolute Gasteiger partial charge is 0.480 e. The van der Waals surface area contributed by atoms with Crippen molar-refractivity contribution in [2.24, 2.45) is 0 Å². The van der Waals surface area contributed by atoms with Crippen LogP contribution in [0, 0.1) is 0 Å². The van der Waals surface area contributed by atoms with Gasteiger partial charge in [0.05, 0.1) is 4.90 Å². The van der Waals surface area contributed by atoms with Crippen molar-refractivity contribution in [3.63, 3.8) is 0 Å². The highest BCUT2D eigenvalue weighted by Gasteiger charge is 2.22. The molecule has 0 amide bonds. The maximum Gasteiger partial charge on any atom is 0.321 e. The zero-order valence-electron chi connectivity index (χ0n) is 11.6. The van der Waals surface area contributed by atoms with E-state index in [4.69, 9.17) is 9.52 Å². The van der Waals surface area contributed by atoms with Crippen LogP contribution in [0.15, 0.2) is 51.8 Å². The van der Waals surface area contributed by atoms with Crippen molar-refractivity contribution >= 4 is 37.9 Å². The Bertz CT molecular complexity index is 974. The van der Waals surface area contributed by atoms with E-state index in [9.17, 15) is 13.2 Å². The van der Waals surface area contributed by atoms with Crippen LogP contribution < -0.4 is 4.72 Å². The second-order valence-electron chi connectivity index (χ2n) is 4.94. The molecule has 3 rings (SSSR count). The SMILES string of the molecule is CC(NS(=O)(=O)c1ccc2oc3ccccc3c2c1)C(=O)O. The quantitative estimate of drug-likeness (QED) is 0.769. The average molecular weight is 319 g/mol. The first-order valence-corrected chi connectivity index (χ1v) is 8.03. The Morgan fingerprint density at radius 2 is 1.82 bits per heavy atom. The maximum absolute atomic E-state index is 12.2. The van der Waals surface area contributed by atoms with E-state index in [1.54, 1.807) is 12.1 Å². The summed E-state index contributed by atoms with van der Waals surface area (Å²) in [6, 6.07) is 10.5. The third-order valence-corrected chi connectivity index (χ3v) is 4.90. The predicted molar refractivity (Wildman–Crippen MR) is 81.1 cm³/mol. The summed E-state index contributed by atoms with van der Waals surface area (Å²) in [6.45, 7) is 1.27. The number of hydrogen-bond acceptors (Lipinski definition) is 4. The fourth-order valence-electron chi connectivity index (χ4n) is 2.22. The van der Waals surface area contributed by atoms with Gasteiger partial charge in [-0.1, -0.05) is 18.2 Å². The average Bonchev–Trinajstić information content (AvgIpc) is 2.84. The van der Waals surface area contributed by atoms with E-state index in [2.05, 4.69) is 4.72 Å². The van der Waals surface area contributed by atoms with Gasteiger partial charge < -0.3 is 9.52 Å². The molecule has 1 unspecified atom stereocenters. The molecule has 6 nitrogen and oxygen atoms in total. The number of aliphatic carboxylic acids is 1. The van der Waals surface area contributed by atoms with E-state index in [0.717, 1.165) is 5.39 Å². The molecule has 0 saturated heterocycles. The molecule has 3 aromatic rings. The molecule has 1 heterocycles. The van der Waals surface area contributed by atoms with Gasteiger partial charge in [0.15, 0.2) is 0 Å². The summed E-state index contributed by atoms with van der Waals surface area (Å²) in [7, 11) is -3.92. The topological polar surface area (TPSA) is 96.6 Å². The van der Waals surface area contributed by atoms with Gasteiger partial charge in [-0.15, -0.1) is 0 Å². The molecule has 7 heteroatoms. The lowest BCUT2D eigenvalue weighted by Gasteiger charge is -2.10. The minimum atomic E-state index is -3.92. The molecular weight excluding hydrogens is 306 g/mol. The van der Waals surface area contributed by atoms with Gasteiger partial charge in [0.25, 0.3) is 0 Å². The van der Waals surface area contributed by atoms with Crippen LogP contribution in [0.5, 0.6) is 0 Å². The summed E-state index contributed by atoms with van der Waals surface area (Å²) in [4.78, 5) is 10.8. The number of fused-ring (bicyclic) bond motifs is 3. The first kappa shape index (κ1) is 14.6. The van der Waals surface area contributed by atoms with Crippen LogP contribution in [0.25, 0.3) is 21.9 Å². The Morgan fingerprint density at radius 3 is 2.55 bits per heavy atom. The van der Waals surface area contributed by atoms with E-state index in [1.807, 2.05) is 18.2 Å².